The lowest BCUT2D eigenvalue weighted by Gasteiger charge is -2.18. The average Bonchev–Trinajstić information content (AvgIpc) is 3.29. The number of urea groups is 1. The molecule has 1 saturated heterocycles. The molecule has 0 aliphatic carbocycles. The number of carbonyl (C=O) groups excluding carboxylic acids is 1. The largest absolute Gasteiger partial charge is 0.334 e. The summed E-state index contributed by atoms with van der Waals surface area (Å²) in [5, 5.41) is 9.66. The van der Waals surface area contributed by atoms with E-state index in [-0.39, 0.29) is 12.1 Å². The molecule has 7 nitrogen and oxygen atoms in total. The van der Waals surface area contributed by atoms with Crippen molar-refractivity contribution in [2.45, 2.75) is 12.5 Å². The number of nitrogens with one attached hydrogen (secondary N) is 3. The van der Waals surface area contributed by atoms with Gasteiger partial charge in [-0.05, 0) is 43.3 Å². The van der Waals surface area contributed by atoms with E-state index in [1.807, 2.05) is 0 Å². The van der Waals surface area contributed by atoms with Crippen molar-refractivity contribution in [1.82, 2.24) is 20.6 Å². The molecular formula is C18H18ClFN6OS. The molecule has 3 aromatic rings. The SMILES string of the molecule is CN(c1ccc2nc(NC(=O)N[C@H]3CCNC3)sc2n1)c1ccc(Cl)cc1F. The summed E-state index contributed by atoms with van der Waals surface area (Å²) in [6.07, 6.45) is 0.909. The van der Waals surface area contributed by atoms with Crippen molar-refractivity contribution in [3.05, 3.63) is 41.2 Å². The van der Waals surface area contributed by atoms with Crippen molar-refractivity contribution in [2.75, 3.05) is 30.4 Å². The van der Waals surface area contributed by atoms with E-state index < -0.39 is 5.82 Å². The molecule has 1 aliphatic rings. The van der Waals surface area contributed by atoms with Gasteiger partial charge in [-0.25, -0.2) is 19.2 Å². The lowest BCUT2D eigenvalue weighted by molar-refractivity contribution is 0.249. The first-order valence-electron chi connectivity index (χ1n) is 8.74. The second-order valence-electron chi connectivity index (χ2n) is 6.46. The van der Waals surface area contributed by atoms with E-state index in [0.717, 1.165) is 19.5 Å². The normalized spacial score (nSPS) is 16.3. The molecular weight excluding hydrogens is 403 g/mol. The number of aromatic nitrogens is 2. The zero-order chi connectivity index (χ0) is 19.7. The van der Waals surface area contributed by atoms with E-state index in [1.54, 1.807) is 36.2 Å². The summed E-state index contributed by atoms with van der Waals surface area (Å²) in [5.74, 6) is 0.132. The smallest absolute Gasteiger partial charge is 0.321 e. The van der Waals surface area contributed by atoms with Crippen molar-refractivity contribution >= 4 is 56.0 Å². The van der Waals surface area contributed by atoms with Gasteiger partial charge >= 0.3 is 6.03 Å². The quantitative estimate of drug-likeness (QED) is 0.599. The second-order valence-corrected chi connectivity index (χ2v) is 7.87. The van der Waals surface area contributed by atoms with E-state index in [0.29, 0.717) is 32.0 Å². The van der Waals surface area contributed by atoms with Crippen LogP contribution in [0.3, 0.4) is 0 Å². The molecule has 28 heavy (non-hydrogen) atoms. The molecule has 10 heteroatoms. The third kappa shape index (κ3) is 4.01. The maximum atomic E-state index is 14.2. The Hall–Kier alpha value is -2.49. The highest BCUT2D eigenvalue weighted by molar-refractivity contribution is 7.22. The van der Waals surface area contributed by atoms with Crippen LogP contribution in [0, 0.1) is 5.82 Å². The summed E-state index contributed by atoms with van der Waals surface area (Å²) in [5.41, 5.74) is 1.03. The van der Waals surface area contributed by atoms with Crippen LogP contribution in [0.4, 0.5) is 25.8 Å². The minimum atomic E-state index is -0.429. The number of nitrogens with zero attached hydrogens (tertiary/aromatic N) is 3. The van der Waals surface area contributed by atoms with Crippen molar-refractivity contribution in [2.24, 2.45) is 0 Å². The maximum absolute atomic E-state index is 14.2. The lowest BCUT2D eigenvalue weighted by atomic mass is 10.2. The fourth-order valence-corrected chi connectivity index (χ4v) is 4.01. The summed E-state index contributed by atoms with van der Waals surface area (Å²) in [4.78, 5) is 23.3. The zero-order valence-corrected chi connectivity index (χ0v) is 16.6. The van der Waals surface area contributed by atoms with Crippen LogP contribution in [0.15, 0.2) is 30.3 Å². The molecule has 2 aromatic heterocycles. The van der Waals surface area contributed by atoms with Crippen LogP contribution >= 0.6 is 22.9 Å². The standard InChI is InChI=1S/C18H18ClFN6OS/c1-26(14-4-2-10(19)8-12(14)20)15-5-3-13-16(24-15)28-18(23-13)25-17(27)22-11-6-7-21-9-11/h2-5,8,11,21H,6-7,9H2,1H3,(H2,22,23,25,27)/t11-/m0/s1. The predicted molar refractivity (Wildman–Crippen MR) is 110 cm³/mol. The molecule has 1 atom stereocenters. The van der Waals surface area contributed by atoms with Gasteiger partial charge in [-0.3, -0.25) is 5.32 Å². The second kappa shape index (κ2) is 7.86. The molecule has 0 spiro atoms. The van der Waals surface area contributed by atoms with Crippen LogP contribution in [0.5, 0.6) is 0 Å². The Labute approximate surface area is 169 Å². The van der Waals surface area contributed by atoms with Crippen molar-refractivity contribution in [1.29, 1.82) is 0 Å². The molecule has 146 valence electrons. The van der Waals surface area contributed by atoms with Crippen molar-refractivity contribution in [3.63, 3.8) is 0 Å². The molecule has 0 saturated carbocycles. The van der Waals surface area contributed by atoms with Crippen LogP contribution < -0.4 is 20.9 Å². The number of carbonyl (C=O) groups is 1. The number of fused-ring (bicyclic) bond motifs is 1. The van der Waals surface area contributed by atoms with E-state index in [1.165, 1.54) is 17.4 Å². The third-order valence-corrected chi connectivity index (χ3v) is 5.59. The van der Waals surface area contributed by atoms with Gasteiger partial charge in [-0.2, -0.15) is 0 Å². The van der Waals surface area contributed by atoms with E-state index in [2.05, 4.69) is 25.9 Å². The topological polar surface area (TPSA) is 82.2 Å². The van der Waals surface area contributed by atoms with Gasteiger partial charge in [0.2, 0.25) is 0 Å². The molecule has 0 unspecified atom stereocenters. The lowest BCUT2D eigenvalue weighted by Crippen LogP contribution is -2.39. The monoisotopic (exact) mass is 420 g/mol. The number of hydrogen-bond acceptors (Lipinski definition) is 6. The van der Waals surface area contributed by atoms with E-state index in [9.17, 15) is 9.18 Å². The summed E-state index contributed by atoms with van der Waals surface area (Å²) in [7, 11) is 1.73. The number of amides is 2. The zero-order valence-electron chi connectivity index (χ0n) is 15.0. The number of rotatable bonds is 4. The molecule has 4 rings (SSSR count). The average molecular weight is 421 g/mol. The summed E-state index contributed by atoms with van der Waals surface area (Å²) in [6, 6.07) is 7.88. The molecule has 0 radical (unpaired) electrons. The molecule has 1 aromatic carbocycles. The van der Waals surface area contributed by atoms with Crippen molar-refractivity contribution < 1.29 is 9.18 Å². The number of pyridine rings is 1. The van der Waals surface area contributed by atoms with Gasteiger partial charge in [0, 0.05) is 24.7 Å². The van der Waals surface area contributed by atoms with Gasteiger partial charge in [-0.1, -0.05) is 22.9 Å². The summed E-state index contributed by atoms with van der Waals surface area (Å²) in [6.45, 7) is 1.67. The van der Waals surface area contributed by atoms with Gasteiger partial charge in [0.15, 0.2) is 5.13 Å². The Balaban J connectivity index is 1.51. The van der Waals surface area contributed by atoms with Gasteiger partial charge < -0.3 is 15.5 Å². The number of hydrogen-bond donors (Lipinski definition) is 3. The highest BCUT2D eigenvalue weighted by atomic mass is 35.5. The van der Waals surface area contributed by atoms with Crippen LogP contribution in [-0.2, 0) is 0 Å². The Morgan fingerprint density at radius 1 is 1.36 bits per heavy atom. The first kappa shape index (κ1) is 18.9. The Bertz CT molecular complexity index is 1020. The minimum absolute atomic E-state index is 0.127. The number of thiazole rings is 1. The highest BCUT2D eigenvalue weighted by Crippen LogP contribution is 2.30. The molecule has 1 aliphatic heterocycles. The van der Waals surface area contributed by atoms with E-state index in [4.69, 9.17) is 11.6 Å². The minimum Gasteiger partial charge on any atom is -0.334 e. The van der Waals surface area contributed by atoms with Crippen LogP contribution in [0.25, 0.3) is 10.3 Å². The fourth-order valence-electron chi connectivity index (χ4n) is 3.02. The Kier molecular flexibility index (Phi) is 5.29. The molecule has 3 N–H and O–H groups in total. The predicted octanol–water partition coefficient (Wildman–Crippen LogP) is 3.74. The van der Waals surface area contributed by atoms with Crippen LogP contribution in [0.2, 0.25) is 5.02 Å². The summed E-state index contributed by atoms with van der Waals surface area (Å²) < 4.78 is 14.2. The van der Waals surface area contributed by atoms with E-state index >= 15 is 0 Å². The molecule has 1 fully saturated rings. The van der Waals surface area contributed by atoms with Gasteiger partial charge in [0.25, 0.3) is 0 Å². The van der Waals surface area contributed by atoms with Crippen LogP contribution in [-0.4, -0.2) is 42.2 Å². The highest BCUT2D eigenvalue weighted by Gasteiger charge is 2.18. The number of halogens is 2. The molecule has 0 bridgehead atoms. The molecule has 3 heterocycles. The first-order chi connectivity index (χ1) is 13.5. The first-order valence-corrected chi connectivity index (χ1v) is 9.93. The van der Waals surface area contributed by atoms with Gasteiger partial charge in [0.05, 0.1) is 5.69 Å². The number of anilines is 3. The van der Waals surface area contributed by atoms with Gasteiger partial charge in [0.1, 0.15) is 22.0 Å². The van der Waals surface area contributed by atoms with Crippen LogP contribution in [0.1, 0.15) is 6.42 Å². The number of benzene rings is 1. The summed E-state index contributed by atoms with van der Waals surface area (Å²) >= 11 is 7.09. The Morgan fingerprint density at radius 2 is 2.21 bits per heavy atom. The fraction of sp³-hybridized carbons (Fsp3) is 0.278. The Morgan fingerprint density at radius 3 is 2.96 bits per heavy atom. The van der Waals surface area contributed by atoms with Gasteiger partial charge in [-0.15, -0.1) is 0 Å². The van der Waals surface area contributed by atoms with Crippen molar-refractivity contribution in [3.8, 4) is 0 Å². The maximum Gasteiger partial charge on any atom is 0.321 e. The third-order valence-electron chi connectivity index (χ3n) is 4.47. The molecule has 2 amide bonds.